The number of hydrogen-bond acceptors (Lipinski definition) is 4. The molecular formula is C16H30Cl2N4O2. The summed E-state index contributed by atoms with van der Waals surface area (Å²) in [5.41, 5.74) is -0.344. The number of nitrogens with zero attached hydrogens (tertiary/aromatic N) is 2. The van der Waals surface area contributed by atoms with E-state index in [9.17, 15) is 9.59 Å². The summed E-state index contributed by atoms with van der Waals surface area (Å²) < 4.78 is 0. The van der Waals surface area contributed by atoms with Crippen molar-refractivity contribution in [1.82, 2.24) is 20.4 Å². The lowest BCUT2D eigenvalue weighted by atomic mass is 9.92. The Bertz CT molecular complexity index is 420. The Morgan fingerprint density at radius 2 is 1.92 bits per heavy atom. The lowest BCUT2D eigenvalue weighted by Gasteiger charge is -2.39. The maximum Gasteiger partial charge on any atom is 0.242 e. The summed E-state index contributed by atoms with van der Waals surface area (Å²) in [6.07, 6.45) is 4.53. The molecular weight excluding hydrogens is 351 g/mol. The van der Waals surface area contributed by atoms with Crippen LogP contribution in [0.1, 0.15) is 26.2 Å². The van der Waals surface area contributed by atoms with E-state index in [1.165, 1.54) is 0 Å². The summed E-state index contributed by atoms with van der Waals surface area (Å²) >= 11 is 0. The molecule has 24 heavy (non-hydrogen) atoms. The van der Waals surface area contributed by atoms with Crippen LogP contribution in [-0.2, 0) is 9.59 Å². The van der Waals surface area contributed by atoms with Crippen molar-refractivity contribution in [3.05, 3.63) is 12.7 Å². The maximum atomic E-state index is 12.8. The predicted octanol–water partition coefficient (Wildman–Crippen LogP) is 0.809. The number of carbonyl (C=O) groups excluding carboxylic acids is 2. The molecule has 2 rings (SSSR count). The number of halogens is 2. The number of rotatable bonds is 6. The lowest BCUT2D eigenvalue weighted by Crippen LogP contribution is -2.59. The van der Waals surface area contributed by atoms with Gasteiger partial charge in [-0.05, 0) is 25.8 Å². The smallest absolute Gasteiger partial charge is 0.242 e. The predicted molar refractivity (Wildman–Crippen MR) is 101 cm³/mol. The van der Waals surface area contributed by atoms with Crippen LogP contribution in [0.3, 0.4) is 0 Å². The van der Waals surface area contributed by atoms with Crippen molar-refractivity contribution >= 4 is 36.6 Å². The zero-order valence-corrected chi connectivity index (χ0v) is 16.0. The molecule has 0 aromatic rings. The van der Waals surface area contributed by atoms with Gasteiger partial charge < -0.3 is 15.5 Å². The van der Waals surface area contributed by atoms with E-state index in [1.807, 2.05) is 4.90 Å². The third kappa shape index (κ3) is 5.62. The molecule has 0 saturated carbocycles. The van der Waals surface area contributed by atoms with Gasteiger partial charge in [-0.15, -0.1) is 31.4 Å². The topological polar surface area (TPSA) is 64.7 Å². The molecule has 2 fully saturated rings. The van der Waals surface area contributed by atoms with Gasteiger partial charge in [-0.25, -0.2) is 0 Å². The Hall–Kier alpha value is -0.820. The molecule has 1 unspecified atom stereocenters. The highest BCUT2D eigenvalue weighted by molar-refractivity contribution is 5.87. The summed E-state index contributed by atoms with van der Waals surface area (Å²) in [5, 5.41) is 6.19. The molecule has 1 atom stereocenters. The normalized spacial score (nSPS) is 23.8. The average Bonchev–Trinajstić information content (AvgIpc) is 3.03. The average molecular weight is 381 g/mol. The van der Waals surface area contributed by atoms with Crippen molar-refractivity contribution in [2.75, 3.05) is 45.8 Å². The lowest BCUT2D eigenvalue weighted by molar-refractivity contribution is -0.140. The standard InChI is InChI=1S/C16H28N4O2.2ClH/c1-3-7-17-14(21)13-19-9-11-20(12-10-19)15(22)16(4-2)6-5-8-18-16;;/h3,18H,1,4-13H2,2H3,(H,17,21);2*1H. The second-order valence-corrected chi connectivity index (χ2v) is 6.13. The Morgan fingerprint density at radius 3 is 2.42 bits per heavy atom. The zero-order chi connectivity index (χ0) is 16.0. The Kier molecular flexibility index (Phi) is 10.6. The first kappa shape index (κ1) is 23.2. The largest absolute Gasteiger partial charge is 0.352 e. The molecule has 0 aliphatic carbocycles. The van der Waals surface area contributed by atoms with Gasteiger partial charge in [-0.2, -0.15) is 0 Å². The van der Waals surface area contributed by atoms with Gasteiger partial charge in [-0.3, -0.25) is 14.5 Å². The molecule has 2 amide bonds. The SMILES string of the molecule is C=CCNC(=O)CN1CCN(C(=O)C2(CC)CCCN2)CC1.Cl.Cl. The molecule has 0 radical (unpaired) electrons. The van der Waals surface area contributed by atoms with Gasteiger partial charge in [0.1, 0.15) is 0 Å². The first-order valence-corrected chi connectivity index (χ1v) is 8.25. The van der Waals surface area contributed by atoms with Crippen LogP contribution in [0.5, 0.6) is 0 Å². The molecule has 0 spiro atoms. The number of hydrogen-bond donors (Lipinski definition) is 2. The molecule has 2 aliphatic heterocycles. The molecule has 140 valence electrons. The van der Waals surface area contributed by atoms with Crippen molar-refractivity contribution in [2.24, 2.45) is 0 Å². The van der Waals surface area contributed by atoms with Gasteiger partial charge in [0.25, 0.3) is 0 Å². The summed E-state index contributed by atoms with van der Waals surface area (Å²) in [4.78, 5) is 28.5. The van der Waals surface area contributed by atoms with Crippen molar-refractivity contribution in [3.63, 3.8) is 0 Å². The van der Waals surface area contributed by atoms with Gasteiger partial charge in [0.05, 0.1) is 12.1 Å². The summed E-state index contributed by atoms with van der Waals surface area (Å²) in [5.74, 6) is 0.255. The highest BCUT2D eigenvalue weighted by Gasteiger charge is 2.42. The van der Waals surface area contributed by atoms with E-state index in [-0.39, 0.29) is 42.2 Å². The number of nitrogens with one attached hydrogen (secondary N) is 2. The second-order valence-electron chi connectivity index (χ2n) is 6.13. The maximum absolute atomic E-state index is 12.8. The van der Waals surface area contributed by atoms with Crippen LogP contribution in [0.4, 0.5) is 0 Å². The van der Waals surface area contributed by atoms with E-state index >= 15 is 0 Å². The van der Waals surface area contributed by atoms with Crippen LogP contribution in [0, 0.1) is 0 Å². The molecule has 2 N–H and O–H groups in total. The molecule has 0 aromatic heterocycles. The highest BCUT2D eigenvalue weighted by atomic mass is 35.5. The fraction of sp³-hybridized carbons (Fsp3) is 0.750. The van der Waals surface area contributed by atoms with E-state index in [4.69, 9.17) is 0 Å². The van der Waals surface area contributed by atoms with Crippen LogP contribution in [0.15, 0.2) is 12.7 Å². The van der Waals surface area contributed by atoms with Gasteiger partial charge in [-0.1, -0.05) is 13.0 Å². The van der Waals surface area contributed by atoms with Crippen LogP contribution >= 0.6 is 24.8 Å². The van der Waals surface area contributed by atoms with Gasteiger partial charge in [0.15, 0.2) is 0 Å². The van der Waals surface area contributed by atoms with Crippen LogP contribution in [-0.4, -0.2) is 73.0 Å². The summed E-state index contributed by atoms with van der Waals surface area (Å²) in [6, 6.07) is 0. The number of carbonyl (C=O) groups is 2. The van der Waals surface area contributed by atoms with Gasteiger partial charge in [0, 0.05) is 32.7 Å². The van der Waals surface area contributed by atoms with Gasteiger partial charge in [0.2, 0.25) is 11.8 Å². The first-order chi connectivity index (χ1) is 10.6. The van der Waals surface area contributed by atoms with Gasteiger partial charge >= 0.3 is 0 Å². The van der Waals surface area contributed by atoms with E-state index in [2.05, 4.69) is 29.0 Å². The third-order valence-electron chi connectivity index (χ3n) is 4.73. The van der Waals surface area contributed by atoms with E-state index in [0.29, 0.717) is 26.2 Å². The minimum absolute atomic E-state index is 0. The third-order valence-corrected chi connectivity index (χ3v) is 4.73. The van der Waals surface area contributed by atoms with E-state index in [0.717, 1.165) is 38.9 Å². The van der Waals surface area contributed by atoms with Crippen molar-refractivity contribution in [1.29, 1.82) is 0 Å². The molecule has 2 heterocycles. The molecule has 0 aromatic carbocycles. The van der Waals surface area contributed by atoms with E-state index < -0.39 is 0 Å². The van der Waals surface area contributed by atoms with Crippen LogP contribution < -0.4 is 10.6 Å². The van der Waals surface area contributed by atoms with Crippen LogP contribution in [0.2, 0.25) is 0 Å². The van der Waals surface area contributed by atoms with Crippen molar-refractivity contribution in [2.45, 2.75) is 31.7 Å². The molecule has 6 nitrogen and oxygen atoms in total. The Balaban J connectivity index is 0.00000264. The minimum Gasteiger partial charge on any atom is -0.352 e. The fourth-order valence-electron chi connectivity index (χ4n) is 3.30. The summed E-state index contributed by atoms with van der Waals surface area (Å²) in [6.45, 7) is 10.4. The van der Waals surface area contributed by atoms with Crippen molar-refractivity contribution in [3.8, 4) is 0 Å². The number of amides is 2. The Labute approximate surface area is 157 Å². The minimum atomic E-state index is -0.344. The molecule has 8 heteroatoms. The first-order valence-electron chi connectivity index (χ1n) is 8.25. The monoisotopic (exact) mass is 380 g/mol. The molecule has 0 bridgehead atoms. The van der Waals surface area contributed by atoms with E-state index in [1.54, 1.807) is 6.08 Å². The fourth-order valence-corrected chi connectivity index (χ4v) is 3.30. The molecule has 2 saturated heterocycles. The highest BCUT2D eigenvalue weighted by Crippen LogP contribution is 2.26. The number of piperazine rings is 1. The summed E-state index contributed by atoms with van der Waals surface area (Å²) in [7, 11) is 0. The second kappa shape index (κ2) is 10.9. The Morgan fingerprint density at radius 1 is 1.25 bits per heavy atom. The zero-order valence-electron chi connectivity index (χ0n) is 14.4. The van der Waals surface area contributed by atoms with Crippen LogP contribution in [0.25, 0.3) is 0 Å². The molecule has 2 aliphatic rings. The quantitative estimate of drug-likeness (QED) is 0.669. The van der Waals surface area contributed by atoms with Crippen molar-refractivity contribution < 1.29 is 9.59 Å².